The minimum atomic E-state index is -0.252. The van der Waals surface area contributed by atoms with Crippen LogP contribution in [0.5, 0.6) is 0 Å². The van der Waals surface area contributed by atoms with Crippen LogP contribution < -0.4 is 5.32 Å². The molecule has 2 saturated heterocycles. The summed E-state index contributed by atoms with van der Waals surface area (Å²) in [5.41, 5.74) is 0.997. The van der Waals surface area contributed by atoms with Crippen molar-refractivity contribution in [2.24, 2.45) is 0 Å². The second-order valence-electron chi connectivity index (χ2n) is 4.72. The van der Waals surface area contributed by atoms with E-state index >= 15 is 0 Å². The van der Waals surface area contributed by atoms with Gasteiger partial charge in [-0.1, -0.05) is 6.07 Å². The molecular weight excluding hydrogens is 230 g/mol. The summed E-state index contributed by atoms with van der Waals surface area (Å²) in [5, 5.41) is 3.36. The number of hydrogen-bond donors (Lipinski definition) is 1. The van der Waals surface area contributed by atoms with Gasteiger partial charge in [0.25, 0.3) is 0 Å². The Labute approximate surface area is 107 Å². The molecule has 0 unspecified atom stereocenters. The molecule has 0 saturated carbocycles. The zero-order valence-electron chi connectivity index (χ0n) is 10.4. The number of rotatable bonds is 2. The maximum Gasteiger partial charge on any atom is 0.185 e. The van der Waals surface area contributed by atoms with Gasteiger partial charge in [-0.2, -0.15) is 0 Å². The lowest BCUT2D eigenvalue weighted by molar-refractivity contribution is -0.210. The topological polar surface area (TPSA) is 46.6 Å². The third kappa shape index (κ3) is 2.70. The Balaban J connectivity index is 1.54. The van der Waals surface area contributed by atoms with Gasteiger partial charge >= 0.3 is 0 Å². The Bertz CT molecular complexity index is 360. The number of ether oxygens (including phenoxy) is 2. The lowest BCUT2D eigenvalue weighted by atomic mass is 10.2. The number of hydrogen-bond acceptors (Lipinski definition) is 5. The molecule has 0 spiro atoms. The molecule has 2 aliphatic rings. The van der Waals surface area contributed by atoms with Gasteiger partial charge in [-0.15, -0.1) is 0 Å². The summed E-state index contributed by atoms with van der Waals surface area (Å²) in [6, 6.07) is 4.28. The van der Waals surface area contributed by atoms with E-state index in [2.05, 4.69) is 15.2 Å². The van der Waals surface area contributed by atoms with Gasteiger partial charge < -0.3 is 14.8 Å². The Kier molecular flexibility index (Phi) is 3.85. The van der Waals surface area contributed by atoms with Crippen molar-refractivity contribution in [3.05, 3.63) is 30.1 Å². The fraction of sp³-hybridized carbons (Fsp3) is 0.615. The highest BCUT2D eigenvalue weighted by Gasteiger charge is 2.28. The molecule has 0 amide bonds. The predicted octanol–water partition coefficient (Wildman–Crippen LogP) is 0.401. The van der Waals surface area contributed by atoms with E-state index in [0.29, 0.717) is 6.04 Å². The van der Waals surface area contributed by atoms with Crippen molar-refractivity contribution in [2.75, 3.05) is 39.4 Å². The molecular formula is C13H19N3O2. The van der Waals surface area contributed by atoms with Crippen LogP contribution in [0.1, 0.15) is 11.9 Å². The van der Waals surface area contributed by atoms with Gasteiger partial charge in [-0.05, 0) is 6.07 Å². The molecule has 1 aromatic heterocycles. The number of nitrogens with one attached hydrogen (secondary N) is 1. The highest BCUT2D eigenvalue weighted by Crippen LogP contribution is 2.23. The van der Waals surface area contributed by atoms with Crippen LogP contribution in [-0.2, 0) is 9.47 Å². The van der Waals surface area contributed by atoms with Gasteiger partial charge in [0.15, 0.2) is 6.29 Å². The zero-order chi connectivity index (χ0) is 12.2. The average molecular weight is 249 g/mol. The molecule has 3 rings (SSSR count). The molecule has 1 N–H and O–H groups in total. The third-order valence-electron chi connectivity index (χ3n) is 3.50. The summed E-state index contributed by atoms with van der Waals surface area (Å²) < 4.78 is 11.6. The normalized spacial score (nSPS) is 30.2. The summed E-state index contributed by atoms with van der Waals surface area (Å²) in [7, 11) is 0. The van der Waals surface area contributed by atoms with Gasteiger partial charge in [0.1, 0.15) is 0 Å². The highest BCUT2D eigenvalue weighted by molar-refractivity contribution is 5.10. The molecule has 3 heterocycles. The van der Waals surface area contributed by atoms with Gasteiger partial charge in [0.05, 0.1) is 19.3 Å². The molecule has 1 aromatic rings. The first-order valence-electron chi connectivity index (χ1n) is 6.51. The van der Waals surface area contributed by atoms with Crippen molar-refractivity contribution in [3.8, 4) is 0 Å². The second-order valence-corrected chi connectivity index (χ2v) is 4.72. The first-order valence-corrected chi connectivity index (χ1v) is 6.51. The largest absolute Gasteiger partial charge is 0.347 e. The Morgan fingerprint density at radius 3 is 2.67 bits per heavy atom. The van der Waals surface area contributed by atoms with Crippen LogP contribution >= 0.6 is 0 Å². The van der Waals surface area contributed by atoms with Crippen LogP contribution in [0.4, 0.5) is 0 Å². The van der Waals surface area contributed by atoms with E-state index in [-0.39, 0.29) is 6.29 Å². The lowest BCUT2D eigenvalue weighted by Gasteiger charge is -2.38. The first-order chi connectivity index (χ1) is 8.93. The number of piperazine rings is 1. The van der Waals surface area contributed by atoms with Gasteiger partial charge in [0.2, 0.25) is 0 Å². The predicted molar refractivity (Wildman–Crippen MR) is 67.1 cm³/mol. The van der Waals surface area contributed by atoms with Crippen LogP contribution in [0.15, 0.2) is 24.5 Å². The van der Waals surface area contributed by atoms with Crippen molar-refractivity contribution in [3.63, 3.8) is 0 Å². The molecule has 0 aromatic carbocycles. The van der Waals surface area contributed by atoms with Gasteiger partial charge in [-0.3, -0.25) is 9.88 Å². The maximum atomic E-state index is 5.81. The fourth-order valence-corrected chi connectivity index (χ4v) is 2.46. The summed E-state index contributed by atoms with van der Waals surface area (Å²) >= 11 is 0. The maximum absolute atomic E-state index is 5.81. The number of aromatic nitrogens is 1. The molecule has 18 heavy (non-hydrogen) atoms. The summed E-state index contributed by atoms with van der Waals surface area (Å²) in [4.78, 5) is 6.53. The van der Waals surface area contributed by atoms with E-state index in [1.807, 2.05) is 12.1 Å². The number of pyridine rings is 1. The van der Waals surface area contributed by atoms with Crippen LogP contribution in [-0.4, -0.2) is 55.3 Å². The minimum Gasteiger partial charge on any atom is -0.347 e. The Hall–Kier alpha value is -1.01. The first kappa shape index (κ1) is 12.0. The smallest absolute Gasteiger partial charge is 0.185 e. The lowest BCUT2D eigenvalue weighted by Crippen LogP contribution is -2.53. The van der Waals surface area contributed by atoms with Gasteiger partial charge in [-0.25, -0.2) is 0 Å². The monoisotopic (exact) mass is 249 g/mol. The van der Waals surface area contributed by atoms with E-state index < -0.39 is 0 Å². The Morgan fingerprint density at radius 2 is 2.00 bits per heavy atom. The van der Waals surface area contributed by atoms with E-state index in [9.17, 15) is 0 Å². The quantitative estimate of drug-likeness (QED) is 0.822. The van der Waals surface area contributed by atoms with Gasteiger partial charge in [0, 0.05) is 44.1 Å². The minimum absolute atomic E-state index is 0.252. The molecule has 0 bridgehead atoms. The van der Waals surface area contributed by atoms with E-state index in [4.69, 9.17) is 9.47 Å². The third-order valence-corrected chi connectivity index (χ3v) is 3.50. The highest BCUT2D eigenvalue weighted by atomic mass is 16.7. The fourth-order valence-electron chi connectivity index (χ4n) is 2.46. The molecule has 5 nitrogen and oxygen atoms in total. The summed E-state index contributed by atoms with van der Waals surface area (Å²) in [5.74, 6) is 0. The van der Waals surface area contributed by atoms with Crippen molar-refractivity contribution < 1.29 is 9.47 Å². The summed E-state index contributed by atoms with van der Waals surface area (Å²) in [6.07, 6.45) is 3.31. The standard InChI is InChI=1S/C13H19N3O2/c1-2-11(8-15-3-1)13-17-9-12(10-18-13)16-6-4-14-5-7-16/h1-3,8,12-14H,4-7,9-10H2. The van der Waals surface area contributed by atoms with Crippen LogP contribution in [0, 0.1) is 0 Å². The second kappa shape index (κ2) is 5.75. The van der Waals surface area contributed by atoms with E-state index in [0.717, 1.165) is 45.0 Å². The van der Waals surface area contributed by atoms with Crippen LogP contribution in [0.3, 0.4) is 0 Å². The van der Waals surface area contributed by atoms with E-state index in [1.54, 1.807) is 12.4 Å². The molecule has 98 valence electrons. The van der Waals surface area contributed by atoms with Crippen molar-refractivity contribution in [2.45, 2.75) is 12.3 Å². The van der Waals surface area contributed by atoms with Crippen LogP contribution in [0.2, 0.25) is 0 Å². The molecule has 2 aliphatic heterocycles. The SMILES string of the molecule is c1cncc(C2OCC(N3CCNCC3)CO2)c1. The molecule has 2 fully saturated rings. The Morgan fingerprint density at radius 1 is 1.22 bits per heavy atom. The van der Waals surface area contributed by atoms with Crippen molar-refractivity contribution in [1.82, 2.24) is 15.2 Å². The molecule has 0 radical (unpaired) electrons. The zero-order valence-corrected chi connectivity index (χ0v) is 10.4. The van der Waals surface area contributed by atoms with E-state index in [1.165, 1.54) is 0 Å². The summed E-state index contributed by atoms with van der Waals surface area (Å²) in [6.45, 7) is 5.74. The molecule has 0 atom stereocenters. The average Bonchev–Trinajstić information content (AvgIpc) is 2.49. The van der Waals surface area contributed by atoms with Crippen molar-refractivity contribution >= 4 is 0 Å². The number of nitrogens with zero attached hydrogens (tertiary/aromatic N) is 2. The van der Waals surface area contributed by atoms with Crippen LogP contribution in [0.25, 0.3) is 0 Å². The van der Waals surface area contributed by atoms with Crippen molar-refractivity contribution in [1.29, 1.82) is 0 Å². The molecule has 5 heteroatoms. The molecule has 0 aliphatic carbocycles.